The van der Waals surface area contributed by atoms with Gasteiger partial charge in [0, 0.05) is 5.92 Å². The number of aliphatic hydroxyl groups is 1. The third-order valence-electron chi connectivity index (χ3n) is 4.49. The number of hydrogen-bond acceptors (Lipinski definition) is 3. The van der Waals surface area contributed by atoms with Crippen LogP contribution in [0.2, 0.25) is 0 Å². The number of fused-ring (bicyclic) bond motifs is 1. The van der Waals surface area contributed by atoms with Gasteiger partial charge in [0.2, 0.25) is 0 Å². The number of carbonyl (C=O) groups is 1. The number of cyclic esters (lactones) is 1. The first-order chi connectivity index (χ1) is 11.2. The lowest BCUT2D eigenvalue weighted by molar-refractivity contribution is -0.143. The molecule has 2 fully saturated rings. The van der Waals surface area contributed by atoms with Gasteiger partial charge in [-0.15, -0.1) is 0 Å². The highest BCUT2D eigenvalue weighted by Crippen LogP contribution is 2.42. The molecule has 1 saturated carbocycles. The summed E-state index contributed by atoms with van der Waals surface area (Å²) in [6.45, 7) is 2.14. The molecule has 1 heterocycles. The van der Waals surface area contributed by atoms with Gasteiger partial charge in [0.15, 0.2) is 0 Å². The van der Waals surface area contributed by atoms with Crippen molar-refractivity contribution in [2.24, 2.45) is 11.8 Å². The Morgan fingerprint density at radius 2 is 1.61 bits per heavy atom. The van der Waals surface area contributed by atoms with Gasteiger partial charge >= 0.3 is 5.97 Å². The van der Waals surface area contributed by atoms with E-state index < -0.39 is 6.10 Å². The molecule has 0 aromatic heterocycles. The van der Waals surface area contributed by atoms with Gasteiger partial charge in [-0.25, -0.2) is 0 Å². The standard InChI is InChI=1S/C20H28O3/c1-2-3-4-5-6-7-8-9-10-11-12-13-18-19-16(20(22)23-18)14-15-17(19)21/h3-4,6-7,9-10,12-13,16-19,21H,2,5,8,11,14-15H2,1H3/b4-3-,7-6-,10-9-,13-12-/t16-,17-,18-,19-/m0/s1. The van der Waals surface area contributed by atoms with Crippen molar-refractivity contribution in [3.8, 4) is 0 Å². The van der Waals surface area contributed by atoms with E-state index >= 15 is 0 Å². The van der Waals surface area contributed by atoms with Crippen LogP contribution in [0.15, 0.2) is 48.6 Å². The molecule has 0 radical (unpaired) electrons. The number of esters is 1. The molecule has 23 heavy (non-hydrogen) atoms. The van der Waals surface area contributed by atoms with Crippen LogP contribution >= 0.6 is 0 Å². The number of carbonyl (C=O) groups excluding carboxylic acids is 1. The monoisotopic (exact) mass is 316 g/mol. The first-order valence-corrected chi connectivity index (χ1v) is 8.74. The van der Waals surface area contributed by atoms with Gasteiger partial charge in [-0.2, -0.15) is 0 Å². The molecule has 1 N–H and O–H groups in total. The molecule has 0 unspecified atom stereocenters. The van der Waals surface area contributed by atoms with Gasteiger partial charge in [0.1, 0.15) is 6.10 Å². The molecule has 0 bridgehead atoms. The Kier molecular flexibility index (Phi) is 7.34. The summed E-state index contributed by atoms with van der Waals surface area (Å²) in [6.07, 6.45) is 21.6. The Hall–Kier alpha value is -1.61. The van der Waals surface area contributed by atoms with Gasteiger partial charge in [-0.1, -0.05) is 49.5 Å². The van der Waals surface area contributed by atoms with Crippen LogP contribution in [0.3, 0.4) is 0 Å². The Labute approximate surface area is 139 Å². The molecule has 0 aromatic rings. The SMILES string of the molecule is CC/C=C\C/C=C\C/C=C\C/C=C\[C@@H]1OC(=O)[C@H]2CC[C@H](O)[C@@H]12. The van der Waals surface area contributed by atoms with Crippen molar-refractivity contribution in [2.75, 3.05) is 0 Å². The summed E-state index contributed by atoms with van der Waals surface area (Å²) in [5.41, 5.74) is 0. The lowest BCUT2D eigenvalue weighted by Gasteiger charge is -2.15. The van der Waals surface area contributed by atoms with Crippen LogP contribution in [0.4, 0.5) is 0 Å². The lowest BCUT2D eigenvalue weighted by Crippen LogP contribution is -2.25. The average molecular weight is 316 g/mol. The minimum atomic E-state index is -0.400. The molecule has 126 valence electrons. The zero-order valence-electron chi connectivity index (χ0n) is 13.9. The Balaban J connectivity index is 1.66. The summed E-state index contributed by atoms with van der Waals surface area (Å²) < 4.78 is 5.36. The van der Waals surface area contributed by atoms with Gasteiger partial charge in [0.05, 0.1) is 12.0 Å². The third-order valence-corrected chi connectivity index (χ3v) is 4.49. The second kappa shape index (κ2) is 9.51. The zero-order chi connectivity index (χ0) is 16.5. The summed E-state index contributed by atoms with van der Waals surface area (Å²) in [4.78, 5) is 11.7. The Bertz CT molecular complexity index is 487. The highest BCUT2D eigenvalue weighted by molar-refractivity contribution is 5.76. The second-order valence-electron chi connectivity index (χ2n) is 6.19. The van der Waals surface area contributed by atoms with Crippen LogP contribution in [0.5, 0.6) is 0 Å². The van der Waals surface area contributed by atoms with Crippen LogP contribution < -0.4 is 0 Å². The van der Waals surface area contributed by atoms with Crippen molar-refractivity contribution in [3.63, 3.8) is 0 Å². The van der Waals surface area contributed by atoms with Crippen LogP contribution in [0.25, 0.3) is 0 Å². The fourth-order valence-corrected chi connectivity index (χ4v) is 3.29. The molecule has 1 aliphatic carbocycles. The van der Waals surface area contributed by atoms with E-state index in [-0.39, 0.29) is 23.9 Å². The minimum absolute atomic E-state index is 0.0400. The lowest BCUT2D eigenvalue weighted by atomic mass is 9.92. The molecule has 0 spiro atoms. The maximum Gasteiger partial charge on any atom is 0.310 e. The molecular formula is C20H28O3. The summed E-state index contributed by atoms with van der Waals surface area (Å²) in [5.74, 6) is -0.275. The van der Waals surface area contributed by atoms with E-state index in [1.54, 1.807) is 0 Å². The van der Waals surface area contributed by atoms with E-state index in [1.165, 1.54) is 0 Å². The predicted molar refractivity (Wildman–Crippen MR) is 92.8 cm³/mol. The molecule has 0 amide bonds. The zero-order valence-corrected chi connectivity index (χ0v) is 13.9. The van der Waals surface area contributed by atoms with E-state index in [9.17, 15) is 9.90 Å². The smallest absolute Gasteiger partial charge is 0.310 e. The molecule has 4 atom stereocenters. The van der Waals surface area contributed by atoms with Gasteiger partial charge in [-0.3, -0.25) is 4.79 Å². The number of rotatable bonds is 8. The second-order valence-corrected chi connectivity index (χ2v) is 6.19. The van der Waals surface area contributed by atoms with Crippen LogP contribution in [0, 0.1) is 11.8 Å². The van der Waals surface area contributed by atoms with E-state index in [2.05, 4.69) is 43.4 Å². The maximum absolute atomic E-state index is 11.7. The first kappa shape index (κ1) is 17.7. The highest BCUT2D eigenvalue weighted by Gasteiger charge is 2.50. The highest BCUT2D eigenvalue weighted by atomic mass is 16.6. The predicted octanol–water partition coefficient (Wildman–Crippen LogP) is 4.10. The first-order valence-electron chi connectivity index (χ1n) is 8.74. The van der Waals surface area contributed by atoms with Crippen LogP contribution in [-0.4, -0.2) is 23.3 Å². The summed E-state index contributed by atoms with van der Waals surface area (Å²) in [6, 6.07) is 0. The molecule has 1 aliphatic heterocycles. The van der Waals surface area contributed by atoms with Crippen molar-refractivity contribution in [1.29, 1.82) is 0 Å². The molecular weight excluding hydrogens is 288 g/mol. The Morgan fingerprint density at radius 3 is 2.26 bits per heavy atom. The quantitative estimate of drug-likeness (QED) is 0.541. The number of ether oxygens (including phenoxy) is 1. The molecule has 1 saturated heterocycles. The third kappa shape index (κ3) is 5.21. The van der Waals surface area contributed by atoms with Crippen molar-refractivity contribution in [2.45, 2.75) is 57.7 Å². The molecule has 2 aliphatic rings. The van der Waals surface area contributed by atoms with Crippen molar-refractivity contribution >= 4 is 5.97 Å². The van der Waals surface area contributed by atoms with Crippen molar-refractivity contribution in [3.05, 3.63) is 48.6 Å². The minimum Gasteiger partial charge on any atom is -0.457 e. The van der Waals surface area contributed by atoms with E-state index in [1.807, 2.05) is 12.2 Å². The molecule has 3 heteroatoms. The van der Waals surface area contributed by atoms with Gasteiger partial charge < -0.3 is 9.84 Å². The molecule has 0 aromatic carbocycles. The van der Waals surface area contributed by atoms with E-state index in [4.69, 9.17) is 4.74 Å². The maximum atomic E-state index is 11.7. The largest absolute Gasteiger partial charge is 0.457 e. The fourth-order valence-electron chi connectivity index (χ4n) is 3.29. The Morgan fingerprint density at radius 1 is 1.00 bits per heavy atom. The normalized spacial score (nSPS) is 31.1. The summed E-state index contributed by atoms with van der Waals surface area (Å²) >= 11 is 0. The molecule has 2 rings (SSSR count). The number of allylic oxidation sites excluding steroid dienone is 7. The summed E-state index contributed by atoms with van der Waals surface area (Å²) in [5, 5.41) is 9.97. The fraction of sp³-hybridized carbons (Fsp3) is 0.550. The van der Waals surface area contributed by atoms with Crippen LogP contribution in [0.1, 0.15) is 45.4 Å². The summed E-state index contributed by atoms with van der Waals surface area (Å²) in [7, 11) is 0. The van der Waals surface area contributed by atoms with E-state index in [0.29, 0.717) is 6.42 Å². The number of aliphatic hydroxyl groups excluding tert-OH is 1. The van der Waals surface area contributed by atoms with Crippen molar-refractivity contribution in [1.82, 2.24) is 0 Å². The average Bonchev–Trinajstić information content (AvgIpc) is 3.07. The topological polar surface area (TPSA) is 46.5 Å². The van der Waals surface area contributed by atoms with E-state index in [0.717, 1.165) is 32.1 Å². The van der Waals surface area contributed by atoms with Gasteiger partial charge in [-0.05, 0) is 44.6 Å². The van der Waals surface area contributed by atoms with Gasteiger partial charge in [0.25, 0.3) is 0 Å². The number of hydrogen-bond donors (Lipinski definition) is 1. The van der Waals surface area contributed by atoms with Crippen molar-refractivity contribution < 1.29 is 14.6 Å². The molecule has 3 nitrogen and oxygen atoms in total. The van der Waals surface area contributed by atoms with Crippen LogP contribution in [-0.2, 0) is 9.53 Å².